The van der Waals surface area contributed by atoms with Gasteiger partial charge < -0.3 is 15.8 Å². The normalized spacial score (nSPS) is 12.2. The number of aldehydes is 1. The van der Waals surface area contributed by atoms with Gasteiger partial charge in [0, 0.05) is 6.42 Å². The maximum atomic E-state index is 10.8. The number of carbonyl (C=O) groups is 2. The zero-order chi connectivity index (χ0) is 9.40. The molecule has 0 aromatic carbocycles. The first-order valence-electron chi connectivity index (χ1n) is 4.19. The Bertz CT molecular complexity index is 148. The maximum Gasteiger partial charge on any atom is 0.220 e. The van der Waals surface area contributed by atoms with Gasteiger partial charge in [0.05, 0.1) is 6.04 Å². The lowest BCUT2D eigenvalue weighted by Gasteiger charge is -2.10. The monoisotopic (exact) mass is 172 g/mol. The molecule has 0 unspecified atom stereocenters. The van der Waals surface area contributed by atoms with Crippen LogP contribution in [0.25, 0.3) is 0 Å². The molecule has 70 valence electrons. The van der Waals surface area contributed by atoms with Crippen LogP contribution in [0.2, 0.25) is 0 Å². The summed E-state index contributed by atoms with van der Waals surface area (Å²) in [5.74, 6) is -0.0934. The Morgan fingerprint density at radius 1 is 1.67 bits per heavy atom. The lowest BCUT2D eigenvalue weighted by molar-refractivity contribution is -0.123. The zero-order valence-electron chi connectivity index (χ0n) is 7.38. The number of hydrogen-bond acceptors (Lipinski definition) is 3. The van der Waals surface area contributed by atoms with Crippen LogP contribution >= 0.6 is 0 Å². The third-order valence-corrected chi connectivity index (χ3v) is 1.55. The second-order valence-corrected chi connectivity index (χ2v) is 2.59. The minimum absolute atomic E-state index is 0.0934. The van der Waals surface area contributed by atoms with Crippen molar-refractivity contribution in [1.29, 1.82) is 0 Å². The van der Waals surface area contributed by atoms with Crippen molar-refractivity contribution < 1.29 is 9.59 Å². The highest BCUT2D eigenvalue weighted by molar-refractivity contribution is 5.79. The fraction of sp³-hybridized carbons (Fsp3) is 0.750. The smallest absolute Gasteiger partial charge is 0.220 e. The van der Waals surface area contributed by atoms with Crippen LogP contribution in [0.15, 0.2) is 0 Å². The van der Waals surface area contributed by atoms with Crippen LogP contribution in [0.4, 0.5) is 0 Å². The molecule has 4 nitrogen and oxygen atoms in total. The molecule has 0 aliphatic carbocycles. The van der Waals surface area contributed by atoms with E-state index < -0.39 is 0 Å². The average Bonchev–Trinajstić information content (AvgIpc) is 2.11. The van der Waals surface area contributed by atoms with E-state index in [0.29, 0.717) is 19.4 Å². The number of amides is 1. The molecule has 3 N–H and O–H groups in total. The van der Waals surface area contributed by atoms with Crippen LogP contribution in [0.1, 0.15) is 26.2 Å². The van der Waals surface area contributed by atoms with Crippen molar-refractivity contribution in [3.05, 3.63) is 0 Å². The van der Waals surface area contributed by atoms with Gasteiger partial charge in [-0.15, -0.1) is 0 Å². The first kappa shape index (κ1) is 11.1. The third-order valence-electron chi connectivity index (χ3n) is 1.55. The summed E-state index contributed by atoms with van der Waals surface area (Å²) < 4.78 is 0. The van der Waals surface area contributed by atoms with Crippen LogP contribution in [0.3, 0.4) is 0 Å². The van der Waals surface area contributed by atoms with Gasteiger partial charge in [0.2, 0.25) is 5.91 Å². The topological polar surface area (TPSA) is 72.2 Å². The highest BCUT2D eigenvalue weighted by Gasteiger charge is 2.08. The zero-order valence-corrected chi connectivity index (χ0v) is 7.38. The molecule has 4 heteroatoms. The van der Waals surface area contributed by atoms with Crippen molar-refractivity contribution in [2.45, 2.75) is 32.2 Å². The minimum Gasteiger partial charge on any atom is -0.347 e. The van der Waals surface area contributed by atoms with Crippen molar-refractivity contribution in [3.63, 3.8) is 0 Å². The number of hydrogen-bond donors (Lipinski definition) is 2. The highest BCUT2D eigenvalue weighted by Crippen LogP contribution is 1.93. The van der Waals surface area contributed by atoms with E-state index in [9.17, 15) is 9.59 Å². The van der Waals surface area contributed by atoms with E-state index in [4.69, 9.17) is 5.73 Å². The summed E-state index contributed by atoms with van der Waals surface area (Å²) in [7, 11) is 0. The van der Waals surface area contributed by atoms with E-state index in [1.165, 1.54) is 0 Å². The molecule has 12 heavy (non-hydrogen) atoms. The minimum atomic E-state index is -0.360. The van der Waals surface area contributed by atoms with E-state index in [1.807, 2.05) is 0 Å². The van der Waals surface area contributed by atoms with E-state index in [1.54, 1.807) is 6.92 Å². The van der Waals surface area contributed by atoms with Crippen molar-refractivity contribution in [3.8, 4) is 0 Å². The second kappa shape index (κ2) is 6.79. The number of rotatable bonds is 6. The molecule has 0 rings (SSSR count). The Kier molecular flexibility index (Phi) is 6.28. The van der Waals surface area contributed by atoms with E-state index >= 15 is 0 Å². The molecule has 0 aliphatic heterocycles. The molecule has 0 bridgehead atoms. The van der Waals surface area contributed by atoms with Gasteiger partial charge in [-0.3, -0.25) is 4.79 Å². The summed E-state index contributed by atoms with van der Waals surface area (Å²) in [6, 6.07) is -0.360. The van der Waals surface area contributed by atoms with Crippen molar-refractivity contribution in [1.82, 2.24) is 5.32 Å². The fourth-order valence-corrected chi connectivity index (χ4v) is 0.821. The molecule has 0 saturated heterocycles. The summed E-state index contributed by atoms with van der Waals surface area (Å²) in [5, 5.41) is 2.59. The van der Waals surface area contributed by atoms with Gasteiger partial charge in [-0.25, -0.2) is 0 Å². The molecule has 0 radical (unpaired) electrons. The van der Waals surface area contributed by atoms with Gasteiger partial charge in [0.1, 0.15) is 6.29 Å². The van der Waals surface area contributed by atoms with Gasteiger partial charge in [0.15, 0.2) is 0 Å². The first-order valence-corrected chi connectivity index (χ1v) is 4.19. The molecule has 0 aliphatic rings. The van der Waals surface area contributed by atoms with E-state index in [0.717, 1.165) is 12.7 Å². The van der Waals surface area contributed by atoms with Crippen LogP contribution in [-0.4, -0.2) is 24.8 Å². The molecule has 0 heterocycles. The Morgan fingerprint density at radius 3 is 2.75 bits per heavy atom. The third kappa shape index (κ3) is 4.85. The molecule has 1 amide bonds. The molecule has 0 spiro atoms. The van der Waals surface area contributed by atoms with E-state index in [2.05, 4.69) is 5.32 Å². The van der Waals surface area contributed by atoms with Crippen LogP contribution in [0.5, 0.6) is 0 Å². The average molecular weight is 172 g/mol. The molecule has 0 aromatic heterocycles. The molecule has 0 saturated carbocycles. The van der Waals surface area contributed by atoms with Gasteiger partial charge in [0.25, 0.3) is 0 Å². The quantitative estimate of drug-likeness (QED) is 0.546. The molecule has 0 aromatic rings. The predicted molar refractivity (Wildman–Crippen MR) is 46.6 cm³/mol. The Labute approximate surface area is 72.5 Å². The molecule has 1 atom stereocenters. The Morgan fingerprint density at radius 2 is 2.33 bits per heavy atom. The summed E-state index contributed by atoms with van der Waals surface area (Å²) in [4.78, 5) is 21.2. The lowest BCUT2D eigenvalue weighted by atomic mass is 10.2. The largest absolute Gasteiger partial charge is 0.347 e. The molecular weight excluding hydrogens is 156 g/mol. The molecule has 0 fully saturated rings. The highest BCUT2D eigenvalue weighted by atomic mass is 16.2. The van der Waals surface area contributed by atoms with Gasteiger partial charge in [-0.1, -0.05) is 6.92 Å². The fourth-order valence-electron chi connectivity index (χ4n) is 0.821. The van der Waals surface area contributed by atoms with Crippen molar-refractivity contribution in [2.75, 3.05) is 6.54 Å². The lowest BCUT2D eigenvalue weighted by Crippen LogP contribution is -2.35. The predicted octanol–water partition coefficient (Wildman–Crippen LogP) is -0.181. The summed E-state index contributed by atoms with van der Waals surface area (Å²) in [5.41, 5.74) is 5.27. The summed E-state index contributed by atoms with van der Waals surface area (Å²) >= 11 is 0. The first-order chi connectivity index (χ1) is 5.74. The SMILES string of the molecule is CCC(=O)N[C@H](C=O)CCCN. The van der Waals surface area contributed by atoms with Crippen molar-refractivity contribution in [2.24, 2.45) is 5.73 Å². The molecular formula is C8H16N2O2. The van der Waals surface area contributed by atoms with Gasteiger partial charge in [-0.2, -0.15) is 0 Å². The standard InChI is InChI=1S/C8H16N2O2/c1-2-8(12)10-7(6-11)4-3-5-9/h6-7H,2-5,9H2,1H3,(H,10,12)/t7-/m0/s1. The summed E-state index contributed by atoms with van der Waals surface area (Å²) in [6.45, 7) is 2.30. The van der Waals surface area contributed by atoms with Gasteiger partial charge >= 0.3 is 0 Å². The van der Waals surface area contributed by atoms with Crippen LogP contribution < -0.4 is 11.1 Å². The number of nitrogens with two attached hydrogens (primary N) is 1. The Balaban J connectivity index is 3.66. The van der Waals surface area contributed by atoms with Crippen LogP contribution in [0, 0.1) is 0 Å². The van der Waals surface area contributed by atoms with Gasteiger partial charge in [-0.05, 0) is 19.4 Å². The summed E-state index contributed by atoms with van der Waals surface area (Å²) in [6.07, 6.45) is 2.55. The van der Waals surface area contributed by atoms with Crippen LogP contribution in [-0.2, 0) is 9.59 Å². The maximum absolute atomic E-state index is 10.8. The number of carbonyl (C=O) groups excluding carboxylic acids is 2. The van der Waals surface area contributed by atoms with E-state index in [-0.39, 0.29) is 11.9 Å². The van der Waals surface area contributed by atoms with Crippen molar-refractivity contribution >= 4 is 12.2 Å². The Hall–Kier alpha value is -0.900. The second-order valence-electron chi connectivity index (χ2n) is 2.59. The number of nitrogens with one attached hydrogen (secondary N) is 1.